The fourth-order valence-electron chi connectivity index (χ4n) is 3.17. The van der Waals surface area contributed by atoms with Gasteiger partial charge in [-0.05, 0) is 37.8 Å². The van der Waals surface area contributed by atoms with Crippen LogP contribution in [0.1, 0.15) is 29.9 Å². The van der Waals surface area contributed by atoms with Gasteiger partial charge in [0.15, 0.2) is 0 Å². The zero-order valence-corrected chi connectivity index (χ0v) is 13.2. The molecule has 5 heteroatoms. The van der Waals surface area contributed by atoms with Gasteiger partial charge in [0, 0.05) is 5.69 Å². The highest BCUT2D eigenvalue weighted by Crippen LogP contribution is 2.29. The van der Waals surface area contributed by atoms with Crippen LogP contribution in [0.2, 0.25) is 0 Å². The Hall–Kier alpha value is -2.56. The third kappa shape index (κ3) is 2.63. The van der Waals surface area contributed by atoms with Crippen LogP contribution in [0.4, 0.5) is 0 Å². The minimum absolute atomic E-state index is 0.589. The number of benzene rings is 1. The molecule has 0 unspecified atom stereocenters. The number of methoxy groups -OCH3 is 1. The first kappa shape index (κ1) is 14.1. The molecule has 0 N–H and O–H groups in total. The predicted molar refractivity (Wildman–Crippen MR) is 86.5 cm³/mol. The molecule has 0 atom stereocenters. The Morgan fingerprint density at radius 2 is 2.09 bits per heavy atom. The molecule has 0 fully saturated rings. The summed E-state index contributed by atoms with van der Waals surface area (Å²) in [5, 5.41) is 0. The Bertz CT molecular complexity index is 819. The van der Waals surface area contributed by atoms with Crippen LogP contribution in [0, 0.1) is 0 Å². The van der Waals surface area contributed by atoms with E-state index >= 15 is 0 Å². The van der Waals surface area contributed by atoms with Crippen LogP contribution in [-0.4, -0.2) is 21.6 Å². The van der Waals surface area contributed by atoms with Crippen molar-refractivity contribution in [3.05, 3.63) is 53.9 Å². The van der Waals surface area contributed by atoms with Crippen LogP contribution in [-0.2, 0) is 19.4 Å². The summed E-state index contributed by atoms with van der Waals surface area (Å²) in [6, 6.07) is 7.75. The van der Waals surface area contributed by atoms with Crippen LogP contribution in [0.3, 0.4) is 0 Å². The largest absolute Gasteiger partial charge is 0.496 e. The Morgan fingerprint density at radius 3 is 3.00 bits per heavy atom. The molecule has 0 bridgehead atoms. The van der Waals surface area contributed by atoms with Gasteiger partial charge in [-0.2, -0.15) is 0 Å². The number of imidazole rings is 1. The summed E-state index contributed by atoms with van der Waals surface area (Å²) in [7, 11) is 1.65. The van der Waals surface area contributed by atoms with E-state index in [4.69, 9.17) is 9.15 Å². The molecule has 0 spiro atoms. The molecule has 1 aliphatic carbocycles. The lowest BCUT2D eigenvalue weighted by Gasteiger charge is -2.12. The van der Waals surface area contributed by atoms with Gasteiger partial charge in [-0.3, -0.25) is 0 Å². The van der Waals surface area contributed by atoms with Gasteiger partial charge in [-0.15, -0.1) is 0 Å². The summed E-state index contributed by atoms with van der Waals surface area (Å²) in [4.78, 5) is 9.15. The number of hydrogen-bond donors (Lipinski definition) is 0. The first-order valence-corrected chi connectivity index (χ1v) is 7.96. The fourth-order valence-corrected chi connectivity index (χ4v) is 3.17. The highest BCUT2D eigenvalue weighted by Gasteiger charge is 2.17. The molecule has 1 aliphatic rings. The van der Waals surface area contributed by atoms with Crippen LogP contribution >= 0.6 is 0 Å². The number of rotatable bonds is 4. The lowest BCUT2D eigenvalue weighted by Crippen LogP contribution is -2.09. The van der Waals surface area contributed by atoms with Crippen molar-refractivity contribution in [3.8, 4) is 17.2 Å². The third-order valence-corrected chi connectivity index (χ3v) is 4.33. The molecule has 23 heavy (non-hydrogen) atoms. The van der Waals surface area contributed by atoms with E-state index in [0.29, 0.717) is 12.4 Å². The normalized spacial score (nSPS) is 13.8. The quantitative estimate of drug-likeness (QED) is 0.740. The third-order valence-electron chi connectivity index (χ3n) is 4.33. The van der Waals surface area contributed by atoms with Crippen molar-refractivity contribution < 1.29 is 9.15 Å². The van der Waals surface area contributed by atoms with Gasteiger partial charge in [0.05, 0.1) is 36.9 Å². The number of fused-ring (bicyclic) bond motifs is 1. The van der Waals surface area contributed by atoms with E-state index in [-0.39, 0.29) is 0 Å². The molecule has 3 aromatic rings. The maximum absolute atomic E-state index is 5.66. The van der Waals surface area contributed by atoms with Gasteiger partial charge in [0.25, 0.3) is 0 Å². The Morgan fingerprint density at radius 1 is 1.22 bits per heavy atom. The van der Waals surface area contributed by atoms with E-state index in [0.717, 1.165) is 29.8 Å². The Labute approximate surface area is 134 Å². The summed E-state index contributed by atoms with van der Waals surface area (Å²) in [5.41, 5.74) is 4.35. The van der Waals surface area contributed by atoms with Gasteiger partial charge < -0.3 is 13.7 Å². The molecule has 118 valence electrons. The number of ether oxygens (including phenoxy) is 1. The predicted octanol–water partition coefficient (Wildman–Crippen LogP) is 3.47. The van der Waals surface area contributed by atoms with Crippen molar-refractivity contribution in [1.82, 2.24) is 14.5 Å². The highest BCUT2D eigenvalue weighted by molar-refractivity contribution is 5.62. The molecule has 4 rings (SSSR count). The minimum Gasteiger partial charge on any atom is -0.496 e. The summed E-state index contributed by atoms with van der Waals surface area (Å²) < 4.78 is 13.2. The maximum atomic E-state index is 5.66. The van der Waals surface area contributed by atoms with Crippen molar-refractivity contribution in [2.24, 2.45) is 0 Å². The van der Waals surface area contributed by atoms with Crippen molar-refractivity contribution >= 4 is 0 Å². The number of hydrogen-bond acceptors (Lipinski definition) is 4. The van der Waals surface area contributed by atoms with Crippen LogP contribution < -0.4 is 4.74 Å². The maximum Gasteiger partial charge on any atom is 0.229 e. The second-order valence-electron chi connectivity index (χ2n) is 5.82. The standard InChI is InChI=1S/C18H19N3O2/c1-22-17-9-5-2-6-14(17)18-20-13(11-23-18)10-21-12-19-15-7-3-4-8-16(15)21/h2,5-6,9,11-12H,3-4,7-8,10H2,1H3. The van der Waals surface area contributed by atoms with E-state index in [9.17, 15) is 0 Å². The van der Waals surface area contributed by atoms with E-state index in [1.807, 2.05) is 30.6 Å². The number of para-hydroxylation sites is 1. The van der Waals surface area contributed by atoms with Crippen molar-refractivity contribution in [2.75, 3.05) is 7.11 Å². The average Bonchev–Trinajstić information content (AvgIpc) is 3.23. The molecule has 0 radical (unpaired) electrons. The summed E-state index contributed by atoms with van der Waals surface area (Å²) in [5.74, 6) is 1.35. The molecule has 5 nitrogen and oxygen atoms in total. The van der Waals surface area contributed by atoms with Crippen molar-refractivity contribution in [3.63, 3.8) is 0 Å². The molecule has 0 saturated carbocycles. The topological polar surface area (TPSA) is 53.1 Å². The van der Waals surface area contributed by atoms with Gasteiger partial charge in [0.2, 0.25) is 5.89 Å². The summed E-state index contributed by atoms with van der Waals surface area (Å²) in [6.07, 6.45) is 8.32. The molecule has 2 aromatic heterocycles. The average molecular weight is 309 g/mol. The smallest absolute Gasteiger partial charge is 0.229 e. The number of nitrogens with zero attached hydrogens (tertiary/aromatic N) is 3. The van der Waals surface area contributed by atoms with Crippen LogP contribution in [0.5, 0.6) is 5.75 Å². The van der Waals surface area contributed by atoms with Crippen LogP contribution in [0.25, 0.3) is 11.5 Å². The van der Waals surface area contributed by atoms with Gasteiger partial charge in [-0.1, -0.05) is 12.1 Å². The monoisotopic (exact) mass is 309 g/mol. The highest BCUT2D eigenvalue weighted by atomic mass is 16.5. The van der Waals surface area contributed by atoms with E-state index in [2.05, 4.69) is 14.5 Å². The summed E-state index contributed by atoms with van der Waals surface area (Å²) >= 11 is 0. The molecule has 0 saturated heterocycles. The van der Waals surface area contributed by atoms with Gasteiger partial charge in [0.1, 0.15) is 12.0 Å². The molecule has 2 heterocycles. The zero-order chi connectivity index (χ0) is 15.6. The van der Waals surface area contributed by atoms with E-state index < -0.39 is 0 Å². The lowest BCUT2D eigenvalue weighted by molar-refractivity contribution is 0.414. The molecular weight excluding hydrogens is 290 g/mol. The molecular formula is C18H19N3O2. The second-order valence-corrected chi connectivity index (χ2v) is 5.82. The molecule has 0 amide bonds. The first-order chi connectivity index (χ1) is 11.3. The summed E-state index contributed by atoms with van der Waals surface area (Å²) in [6.45, 7) is 0.695. The van der Waals surface area contributed by atoms with Gasteiger partial charge >= 0.3 is 0 Å². The number of aryl methyl sites for hydroxylation is 1. The molecule has 1 aromatic carbocycles. The van der Waals surface area contributed by atoms with Gasteiger partial charge in [-0.25, -0.2) is 9.97 Å². The number of oxazole rings is 1. The molecule has 0 aliphatic heterocycles. The Balaban J connectivity index is 1.60. The second kappa shape index (κ2) is 5.91. The SMILES string of the molecule is COc1ccccc1-c1nc(Cn2cnc3c2CCCC3)co1. The fraction of sp³-hybridized carbons (Fsp3) is 0.333. The van der Waals surface area contributed by atoms with Crippen LogP contribution in [0.15, 0.2) is 41.3 Å². The van der Waals surface area contributed by atoms with Crippen molar-refractivity contribution in [2.45, 2.75) is 32.2 Å². The minimum atomic E-state index is 0.589. The van der Waals surface area contributed by atoms with E-state index in [1.54, 1.807) is 13.4 Å². The Kier molecular flexibility index (Phi) is 3.61. The lowest BCUT2D eigenvalue weighted by atomic mass is 10.0. The zero-order valence-electron chi connectivity index (χ0n) is 13.2. The number of aromatic nitrogens is 3. The van der Waals surface area contributed by atoms with Crippen molar-refractivity contribution in [1.29, 1.82) is 0 Å². The van der Waals surface area contributed by atoms with E-state index in [1.165, 1.54) is 24.2 Å². The first-order valence-electron chi connectivity index (χ1n) is 7.96.